The minimum Gasteiger partial charge on any atom is -0.462 e. The molecule has 1 atom stereocenters. The summed E-state index contributed by atoms with van der Waals surface area (Å²) in [5, 5.41) is 0. The molecule has 0 saturated heterocycles. The summed E-state index contributed by atoms with van der Waals surface area (Å²) in [6, 6.07) is 0. The SMILES string of the molecule is CCCCCC/C=C\C/C=C\CCCCCCCC(=O)OCC(COC(=O)CCCCCCCC/C=C\C/C=C\C/C=C\CCCCCCC)OC(=O)CCCCCCCCC/C=C\CCCCCCCC. The molecule has 0 aromatic carbocycles. The van der Waals surface area contributed by atoms with E-state index >= 15 is 0 Å². The van der Waals surface area contributed by atoms with E-state index in [1.54, 1.807) is 0 Å². The van der Waals surface area contributed by atoms with Gasteiger partial charge in [0.2, 0.25) is 0 Å². The second-order valence-corrected chi connectivity index (χ2v) is 20.6. The van der Waals surface area contributed by atoms with Gasteiger partial charge in [-0.3, -0.25) is 14.4 Å². The lowest BCUT2D eigenvalue weighted by Crippen LogP contribution is -2.30. The molecule has 0 N–H and O–H groups in total. The lowest BCUT2D eigenvalue weighted by atomic mass is 10.1. The normalized spacial score (nSPS) is 12.5. The minimum atomic E-state index is -0.790. The number of hydrogen-bond donors (Lipinski definition) is 0. The summed E-state index contributed by atoms with van der Waals surface area (Å²) in [6.07, 6.45) is 77.5. The zero-order valence-corrected chi connectivity index (χ0v) is 47.7. The number of allylic oxidation sites excluding steroid dienone is 12. The predicted molar refractivity (Wildman–Crippen MR) is 311 cm³/mol. The van der Waals surface area contributed by atoms with Gasteiger partial charge in [-0.05, 0) is 116 Å². The van der Waals surface area contributed by atoms with Crippen LogP contribution in [0.5, 0.6) is 0 Å². The Morgan fingerprint density at radius 1 is 0.278 bits per heavy atom. The van der Waals surface area contributed by atoms with E-state index in [9.17, 15) is 14.4 Å². The van der Waals surface area contributed by atoms with Crippen molar-refractivity contribution in [2.45, 2.75) is 316 Å². The smallest absolute Gasteiger partial charge is 0.306 e. The van der Waals surface area contributed by atoms with Gasteiger partial charge in [-0.1, -0.05) is 248 Å². The topological polar surface area (TPSA) is 78.9 Å². The molecule has 6 nitrogen and oxygen atoms in total. The molecule has 0 aromatic heterocycles. The fraction of sp³-hybridized carbons (Fsp3) is 0.773. The number of hydrogen-bond acceptors (Lipinski definition) is 6. The summed E-state index contributed by atoms with van der Waals surface area (Å²) in [7, 11) is 0. The minimum absolute atomic E-state index is 0.0878. The largest absolute Gasteiger partial charge is 0.462 e. The van der Waals surface area contributed by atoms with Gasteiger partial charge in [0.15, 0.2) is 6.10 Å². The third kappa shape index (κ3) is 57.7. The van der Waals surface area contributed by atoms with Crippen LogP contribution < -0.4 is 0 Å². The van der Waals surface area contributed by atoms with Crippen molar-refractivity contribution >= 4 is 17.9 Å². The first kappa shape index (κ1) is 68.8. The standard InChI is InChI=1S/C66H116O6/c1-4-7-10-13-16-19-22-25-28-31-32-33-34-36-38-41-44-47-50-53-56-59-65(68)71-62-63(61-70-64(67)58-55-52-49-46-43-40-37-30-27-24-21-18-15-12-9-6-3)72-66(69)60-57-54-51-48-45-42-39-35-29-26-23-20-17-14-11-8-5-2/h21-22,24-26,29-32,34,36-37,63H,4-20,23,27-28,33,35,38-62H2,1-3H3/b24-21-,25-22-,29-26-,32-31-,36-34-,37-30-. The molecule has 0 saturated carbocycles. The van der Waals surface area contributed by atoms with E-state index in [0.717, 1.165) is 96.3 Å². The molecule has 0 radical (unpaired) electrons. The Morgan fingerprint density at radius 3 is 0.806 bits per heavy atom. The first-order valence-corrected chi connectivity index (χ1v) is 30.9. The van der Waals surface area contributed by atoms with Crippen molar-refractivity contribution in [3.63, 3.8) is 0 Å². The summed E-state index contributed by atoms with van der Waals surface area (Å²) < 4.78 is 16.9. The highest BCUT2D eigenvalue weighted by Gasteiger charge is 2.19. The van der Waals surface area contributed by atoms with Crippen molar-refractivity contribution in [3.05, 3.63) is 72.9 Å². The van der Waals surface area contributed by atoms with Gasteiger partial charge in [-0.2, -0.15) is 0 Å². The number of rotatable bonds is 56. The Labute approximate surface area is 446 Å². The van der Waals surface area contributed by atoms with E-state index in [1.807, 2.05) is 0 Å². The molecular weight excluding hydrogens is 889 g/mol. The van der Waals surface area contributed by atoms with Gasteiger partial charge in [0.05, 0.1) is 0 Å². The summed E-state index contributed by atoms with van der Waals surface area (Å²) in [6.45, 7) is 6.61. The maximum Gasteiger partial charge on any atom is 0.306 e. The summed E-state index contributed by atoms with van der Waals surface area (Å²) in [5.41, 5.74) is 0. The van der Waals surface area contributed by atoms with Gasteiger partial charge in [0, 0.05) is 19.3 Å². The number of carbonyl (C=O) groups is 3. The molecule has 6 heteroatoms. The Kier molecular flexibility index (Phi) is 57.8. The molecule has 0 spiro atoms. The summed E-state index contributed by atoms with van der Waals surface area (Å²) in [4.78, 5) is 38.3. The maximum atomic E-state index is 12.9. The zero-order chi connectivity index (χ0) is 52.2. The van der Waals surface area contributed by atoms with E-state index < -0.39 is 6.10 Å². The van der Waals surface area contributed by atoms with E-state index in [2.05, 4.69) is 93.7 Å². The van der Waals surface area contributed by atoms with E-state index in [0.29, 0.717) is 19.3 Å². The molecule has 1 unspecified atom stereocenters. The molecule has 0 aliphatic heterocycles. The Morgan fingerprint density at radius 2 is 0.500 bits per heavy atom. The fourth-order valence-corrected chi connectivity index (χ4v) is 8.71. The average Bonchev–Trinajstić information content (AvgIpc) is 3.38. The van der Waals surface area contributed by atoms with Crippen molar-refractivity contribution in [3.8, 4) is 0 Å². The Hall–Kier alpha value is -3.15. The molecule has 72 heavy (non-hydrogen) atoms. The van der Waals surface area contributed by atoms with Crippen LogP contribution in [0, 0.1) is 0 Å². The van der Waals surface area contributed by atoms with Crippen molar-refractivity contribution in [2.24, 2.45) is 0 Å². The zero-order valence-electron chi connectivity index (χ0n) is 47.7. The Balaban J connectivity index is 4.42. The van der Waals surface area contributed by atoms with Crippen LogP contribution in [0.15, 0.2) is 72.9 Å². The second-order valence-electron chi connectivity index (χ2n) is 20.6. The highest BCUT2D eigenvalue weighted by Crippen LogP contribution is 2.15. The maximum absolute atomic E-state index is 12.9. The second kappa shape index (κ2) is 60.4. The van der Waals surface area contributed by atoms with Crippen LogP contribution in [-0.2, 0) is 28.6 Å². The van der Waals surface area contributed by atoms with Gasteiger partial charge in [-0.15, -0.1) is 0 Å². The Bertz CT molecular complexity index is 1340. The van der Waals surface area contributed by atoms with Crippen LogP contribution >= 0.6 is 0 Å². The van der Waals surface area contributed by atoms with Gasteiger partial charge in [-0.25, -0.2) is 0 Å². The van der Waals surface area contributed by atoms with Crippen LogP contribution in [0.25, 0.3) is 0 Å². The quantitative estimate of drug-likeness (QED) is 0.0261. The van der Waals surface area contributed by atoms with Crippen LogP contribution in [0.3, 0.4) is 0 Å². The van der Waals surface area contributed by atoms with Crippen molar-refractivity contribution in [2.75, 3.05) is 13.2 Å². The number of ether oxygens (including phenoxy) is 3. The van der Waals surface area contributed by atoms with Gasteiger partial charge < -0.3 is 14.2 Å². The average molecular weight is 1010 g/mol. The molecule has 0 aliphatic rings. The van der Waals surface area contributed by atoms with E-state index in [-0.39, 0.29) is 31.1 Å². The van der Waals surface area contributed by atoms with Crippen molar-refractivity contribution < 1.29 is 28.6 Å². The number of unbranched alkanes of at least 4 members (excludes halogenated alkanes) is 33. The fourth-order valence-electron chi connectivity index (χ4n) is 8.71. The van der Waals surface area contributed by atoms with Gasteiger partial charge in [0.1, 0.15) is 13.2 Å². The monoisotopic (exact) mass is 1000 g/mol. The van der Waals surface area contributed by atoms with Crippen molar-refractivity contribution in [1.29, 1.82) is 0 Å². The number of carbonyl (C=O) groups excluding carboxylic acids is 3. The van der Waals surface area contributed by atoms with Crippen LogP contribution in [0.1, 0.15) is 310 Å². The first-order chi connectivity index (χ1) is 35.5. The van der Waals surface area contributed by atoms with E-state index in [4.69, 9.17) is 14.2 Å². The highest BCUT2D eigenvalue weighted by molar-refractivity contribution is 5.71. The molecule has 0 aromatic rings. The third-order valence-corrected chi connectivity index (χ3v) is 13.4. The summed E-state index contributed by atoms with van der Waals surface area (Å²) in [5.74, 6) is -0.906. The highest BCUT2D eigenvalue weighted by atomic mass is 16.6. The summed E-state index contributed by atoms with van der Waals surface area (Å²) >= 11 is 0. The first-order valence-electron chi connectivity index (χ1n) is 30.9. The van der Waals surface area contributed by atoms with Crippen molar-refractivity contribution in [1.82, 2.24) is 0 Å². The van der Waals surface area contributed by atoms with Crippen LogP contribution in [0.4, 0.5) is 0 Å². The van der Waals surface area contributed by atoms with Gasteiger partial charge in [0.25, 0.3) is 0 Å². The molecule has 416 valence electrons. The number of esters is 3. The van der Waals surface area contributed by atoms with E-state index in [1.165, 1.54) is 173 Å². The predicted octanol–water partition coefficient (Wildman–Crippen LogP) is 20.9. The van der Waals surface area contributed by atoms with Crippen LogP contribution in [0.2, 0.25) is 0 Å². The molecule has 0 heterocycles. The lowest BCUT2D eigenvalue weighted by molar-refractivity contribution is -0.167. The third-order valence-electron chi connectivity index (χ3n) is 13.4. The molecular formula is C66H116O6. The molecule has 0 bridgehead atoms. The molecule has 0 rings (SSSR count). The van der Waals surface area contributed by atoms with Crippen LogP contribution in [-0.4, -0.2) is 37.2 Å². The molecule has 0 aliphatic carbocycles. The van der Waals surface area contributed by atoms with Gasteiger partial charge >= 0.3 is 17.9 Å². The molecule has 0 amide bonds. The lowest BCUT2D eigenvalue weighted by Gasteiger charge is -2.18. The molecule has 0 fully saturated rings.